The largest absolute Gasteiger partial charge is 0.389 e. The van der Waals surface area contributed by atoms with Crippen LogP contribution in [0.15, 0.2) is 22.7 Å². The van der Waals surface area contributed by atoms with Crippen molar-refractivity contribution in [3.63, 3.8) is 0 Å². The highest BCUT2D eigenvalue weighted by molar-refractivity contribution is 9.10. The molecule has 0 saturated heterocycles. The molecule has 4 nitrogen and oxygen atoms in total. The van der Waals surface area contributed by atoms with Gasteiger partial charge in [-0.2, -0.15) is 0 Å². The third-order valence-electron chi connectivity index (χ3n) is 3.10. The van der Waals surface area contributed by atoms with E-state index < -0.39 is 5.60 Å². The van der Waals surface area contributed by atoms with Gasteiger partial charge in [-0.25, -0.2) is 0 Å². The SMILES string of the molecule is Cc1cc(NC(=O)C(C)N(C)CC(C)(C)O)ccc1Br. The van der Waals surface area contributed by atoms with Crippen LogP contribution in [0.5, 0.6) is 0 Å². The fourth-order valence-electron chi connectivity index (χ4n) is 1.92. The van der Waals surface area contributed by atoms with Gasteiger partial charge in [0.05, 0.1) is 11.6 Å². The summed E-state index contributed by atoms with van der Waals surface area (Å²) < 4.78 is 1.02. The molecule has 112 valence electrons. The van der Waals surface area contributed by atoms with Crippen molar-refractivity contribution in [1.82, 2.24) is 4.90 Å². The standard InChI is InChI=1S/C15H23BrN2O2/c1-10-8-12(6-7-13(10)16)17-14(19)11(2)18(5)9-15(3,4)20/h6-8,11,20H,9H2,1-5H3,(H,17,19). The molecule has 1 unspecified atom stereocenters. The van der Waals surface area contributed by atoms with E-state index in [2.05, 4.69) is 21.2 Å². The average molecular weight is 343 g/mol. The number of hydrogen-bond acceptors (Lipinski definition) is 3. The minimum Gasteiger partial charge on any atom is -0.389 e. The summed E-state index contributed by atoms with van der Waals surface area (Å²) in [5, 5.41) is 12.7. The molecular weight excluding hydrogens is 320 g/mol. The second-order valence-electron chi connectivity index (χ2n) is 5.86. The van der Waals surface area contributed by atoms with E-state index in [1.165, 1.54) is 0 Å². The highest BCUT2D eigenvalue weighted by Crippen LogP contribution is 2.20. The van der Waals surface area contributed by atoms with E-state index in [0.717, 1.165) is 15.7 Å². The number of aliphatic hydroxyl groups is 1. The number of nitrogens with zero attached hydrogens (tertiary/aromatic N) is 1. The molecule has 0 aliphatic rings. The van der Waals surface area contributed by atoms with E-state index in [0.29, 0.717) is 6.54 Å². The first-order valence-electron chi connectivity index (χ1n) is 6.60. The molecule has 0 aliphatic heterocycles. The molecule has 1 aromatic carbocycles. The lowest BCUT2D eigenvalue weighted by atomic mass is 10.1. The summed E-state index contributed by atoms with van der Waals surface area (Å²) in [4.78, 5) is 14.0. The minimum atomic E-state index is -0.822. The van der Waals surface area contributed by atoms with Crippen LogP contribution in [-0.4, -0.2) is 41.1 Å². The number of rotatable bonds is 5. The van der Waals surface area contributed by atoms with Gasteiger partial charge in [0.2, 0.25) is 5.91 Å². The van der Waals surface area contributed by atoms with Crippen LogP contribution in [0, 0.1) is 6.92 Å². The Morgan fingerprint density at radius 1 is 1.50 bits per heavy atom. The van der Waals surface area contributed by atoms with Crippen molar-refractivity contribution in [2.45, 2.75) is 39.3 Å². The molecule has 1 amide bonds. The number of benzene rings is 1. The first kappa shape index (κ1) is 17.1. The van der Waals surface area contributed by atoms with E-state index in [1.54, 1.807) is 13.8 Å². The van der Waals surface area contributed by atoms with Crippen molar-refractivity contribution in [1.29, 1.82) is 0 Å². The van der Waals surface area contributed by atoms with Gasteiger partial charge in [0, 0.05) is 16.7 Å². The predicted octanol–water partition coefficient (Wildman–Crippen LogP) is 2.79. The van der Waals surface area contributed by atoms with Gasteiger partial charge in [-0.05, 0) is 58.5 Å². The number of likely N-dealkylation sites (N-methyl/N-ethyl adjacent to an activating group) is 1. The zero-order chi connectivity index (χ0) is 15.5. The van der Waals surface area contributed by atoms with Gasteiger partial charge in [0.1, 0.15) is 0 Å². The van der Waals surface area contributed by atoms with Crippen LogP contribution in [0.25, 0.3) is 0 Å². The molecule has 0 fully saturated rings. The Labute approximate surface area is 129 Å². The van der Waals surface area contributed by atoms with Gasteiger partial charge >= 0.3 is 0 Å². The molecule has 0 spiro atoms. The maximum absolute atomic E-state index is 12.2. The molecule has 1 aromatic rings. The van der Waals surface area contributed by atoms with E-state index in [1.807, 2.05) is 44.0 Å². The lowest BCUT2D eigenvalue weighted by molar-refractivity contribution is -0.121. The molecule has 1 rings (SSSR count). The molecule has 20 heavy (non-hydrogen) atoms. The van der Waals surface area contributed by atoms with Crippen molar-refractivity contribution >= 4 is 27.5 Å². The van der Waals surface area contributed by atoms with Crippen LogP contribution in [0.3, 0.4) is 0 Å². The fourth-order valence-corrected chi connectivity index (χ4v) is 2.16. The third-order valence-corrected chi connectivity index (χ3v) is 3.99. The zero-order valence-electron chi connectivity index (χ0n) is 12.7. The van der Waals surface area contributed by atoms with Crippen LogP contribution >= 0.6 is 15.9 Å². The average Bonchev–Trinajstić information content (AvgIpc) is 2.30. The van der Waals surface area contributed by atoms with E-state index in [4.69, 9.17) is 0 Å². The van der Waals surface area contributed by atoms with Crippen LogP contribution < -0.4 is 5.32 Å². The van der Waals surface area contributed by atoms with Gasteiger partial charge in [-0.15, -0.1) is 0 Å². The molecule has 0 bridgehead atoms. The highest BCUT2D eigenvalue weighted by atomic mass is 79.9. The molecule has 0 saturated carbocycles. The number of halogens is 1. The fraction of sp³-hybridized carbons (Fsp3) is 0.533. The number of nitrogens with one attached hydrogen (secondary N) is 1. The third kappa shape index (κ3) is 5.23. The molecule has 1 atom stereocenters. The van der Waals surface area contributed by atoms with Crippen LogP contribution in [-0.2, 0) is 4.79 Å². The van der Waals surface area contributed by atoms with Gasteiger partial charge in [0.15, 0.2) is 0 Å². The molecule has 0 aliphatic carbocycles. The smallest absolute Gasteiger partial charge is 0.241 e. The van der Waals surface area contributed by atoms with E-state index >= 15 is 0 Å². The van der Waals surface area contributed by atoms with Crippen LogP contribution in [0.1, 0.15) is 26.3 Å². The van der Waals surface area contributed by atoms with Crippen molar-refractivity contribution < 1.29 is 9.90 Å². The number of aryl methyl sites for hydroxylation is 1. The Morgan fingerprint density at radius 3 is 2.60 bits per heavy atom. The topological polar surface area (TPSA) is 52.6 Å². The highest BCUT2D eigenvalue weighted by Gasteiger charge is 2.23. The van der Waals surface area contributed by atoms with Crippen LogP contribution in [0.4, 0.5) is 5.69 Å². The van der Waals surface area contributed by atoms with E-state index in [9.17, 15) is 9.90 Å². The summed E-state index contributed by atoms with van der Waals surface area (Å²) in [6.45, 7) is 7.69. The Bertz CT molecular complexity index is 483. The Balaban J connectivity index is 2.68. The van der Waals surface area contributed by atoms with Crippen molar-refractivity contribution in [2.24, 2.45) is 0 Å². The number of anilines is 1. The van der Waals surface area contributed by atoms with Gasteiger partial charge in [-0.3, -0.25) is 9.69 Å². The first-order chi connectivity index (χ1) is 9.10. The summed E-state index contributed by atoms with van der Waals surface area (Å²) in [6, 6.07) is 5.38. The van der Waals surface area contributed by atoms with Crippen molar-refractivity contribution in [2.75, 3.05) is 18.9 Å². The second kappa shape index (κ2) is 6.70. The lowest BCUT2D eigenvalue weighted by Gasteiger charge is -2.29. The van der Waals surface area contributed by atoms with Gasteiger partial charge < -0.3 is 10.4 Å². The molecule has 0 aromatic heterocycles. The first-order valence-corrected chi connectivity index (χ1v) is 7.39. The van der Waals surface area contributed by atoms with Crippen molar-refractivity contribution in [3.05, 3.63) is 28.2 Å². The quantitative estimate of drug-likeness (QED) is 0.864. The normalized spacial score (nSPS) is 13.4. The summed E-state index contributed by atoms with van der Waals surface area (Å²) in [7, 11) is 1.83. The number of amides is 1. The maximum atomic E-state index is 12.2. The molecular formula is C15H23BrN2O2. The lowest BCUT2D eigenvalue weighted by Crippen LogP contribution is -2.46. The summed E-state index contributed by atoms with van der Waals surface area (Å²) in [5.74, 6) is -0.0847. The predicted molar refractivity (Wildman–Crippen MR) is 85.9 cm³/mol. The molecule has 2 N–H and O–H groups in total. The Morgan fingerprint density at radius 2 is 2.10 bits per heavy atom. The summed E-state index contributed by atoms with van der Waals surface area (Å²) >= 11 is 3.43. The van der Waals surface area contributed by atoms with Gasteiger partial charge in [0.25, 0.3) is 0 Å². The Hall–Kier alpha value is -0.910. The molecule has 0 radical (unpaired) electrons. The van der Waals surface area contributed by atoms with Crippen molar-refractivity contribution in [3.8, 4) is 0 Å². The van der Waals surface area contributed by atoms with Gasteiger partial charge in [-0.1, -0.05) is 15.9 Å². The van der Waals surface area contributed by atoms with Crippen LogP contribution in [0.2, 0.25) is 0 Å². The second-order valence-corrected chi connectivity index (χ2v) is 6.71. The summed E-state index contributed by atoms with van der Waals surface area (Å²) in [6.07, 6.45) is 0. The molecule has 0 heterocycles. The number of carbonyl (C=O) groups is 1. The van der Waals surface area contributed by atoms with E-state index in [-0.39, 0.29) is 11.9 Å². The summed E-state index contributed by atoms with van der Waals surface area (Å²) in [5.41, 5.74) is 1.02. The molecule has 5 heteroatoms. The number of carbonyl (C=O) groups excluding carboxylic acids is 1. The Kier molecular flexibility index (Phi) is 5.74. The monoisotopic (exact) mass is 342 g/mol. The minimum absolute atomic E-state index is 0.0847. The number of hydrogen-bond donors (Lipinski definition) is 2. The maximum Gasteiger partial charge on any atom is 0.241 e. The zero-order valence-corrected chi connectivity index (χ0v) is 14.3.